The molecular formula is C4H2F7O. The molecule has 0 fully saturated rings. The first-order valence-corrected chi connectivity index (χ1v) is 2.46. The molecule has 1 unspecified atom stereocenters. The van der Waals surface area contributed by atoms with Crippen molar-refractivity contribution in [2.24, 2.45) is 0 Å². The summed E-state index contributed by atoms with van der Waals surface area (Å²) in [6.07, 6.45) is -12.2. The average molecular weight is 199 g/mol. The molecule has 0 aromatic heterocycles. The van der Waals surface area contributed by atoms with E-state index in [1.54, 1.807) is 0 Å². The van der Waals surface area contributed by atoms with Crippen LogP contribution in [0.1, 0.15) is 0 Å². The molecule has 0 heterocycles. The van der Waals surface area contributed by atoms with Gasteiger partial charge in [-0.3, -0.25) is 0 Å². The minimum absolute atomic E-state index is 3.10. The maximum Gasteiger partial charge on any atom is 0.434 e. The van der Waals surface area contributed by atoms with Crippen LogP contribution in [-0.2, 0) is 5.11 Å². The summed E-state index contributed by atoms with van der Waals surface area (Å²) in [4.78, 5) is 0. The number of hydrogen-bond donors (Lipinski definition) is 0. The van der Waals surface area contributed by atoms with Crippen LogP contribution in [0.2, 0.25) is 0 Å². The number of halogens is 7. The second-order valence-electron chi connectivity index (χ2n) is 1.95. The van der Waals surface area contributed by atoms with Crippen LogP contribution in [0.15, 0.2) is 0 Å². The Hall–Kier alpha value is -0.530. The van der Waals surface area contributed by atoms with E-state index in [1.807, 2.05) is 0 Å². The Kier molecular flexibility index (Phi) is 2.63. The molecule has 0 saturated carbocycles. The smallest absolute Gasteiger partial charge is 0.247 e. The molecule has 0 aromatic rings. The van der Waals surface area contributed by atoms with Gasteiger partial charge in [0.2, 0.25) is 0 Å². The molecule has 12 heavy (non-hydrogen) atoms. The third kappa shape index (κ3) is 1.62. The molecule has 8 heteroatoms. The molecular weight excluding hydrogens is 197 g/mol. The molecule has 0 amide bonds. The van der Waals surface area contributed by atoms with Crippen LogP contribution in [0.25, 0.3) is 0 Å². The van der Waals surface area contributed by atoms with Crippen LogP contribution in [0.3, 0.4) is 0 Å². The first kappa shape index (κ1) is 11.5. The van der Waals surface area contributed by atoms with Crippen LogP contribution in [-0.4, -0.2) is 24.6 Å². The van der Waals surface area contributed by atoms with Gasteiger partial charge in [-0.25, -0.2) is 8.78 Å². The van der Waals surface area contributed by atoms with E-state index in [1.165, 1.54) is 0 Å². The zero-order valence-corrected chi connectivity index (χ0v) is 5.26. The SMILES string of the molecule is [O]C(F)(F)C(F)(CF)C(F)(F)F. The van der Waals surface area contributed by atoms with Crippen LogP contribution in [0.5, 0.6) is 0 Å². The molecule has 0 N–H and O–H groups in total. The Bertz CT molecular complexity index is 142. The lowest BCUT2D eigenvalue weighted by molar-refractivity contribution is -0.390. The minimum Gasteiger partial charge on any atom is -0.247 e. The molecule has 0 aliphatic heterocycles. The van der Waals surface area contributed by atoms with Crippen molar-refractivity contribution in [2.45, 2.75) is 18.0 Å². The van der Waals surface area contributed by atoms with E-state index in [9.17, 15) is 35.8 Å². The fourth-order valence-corrected chi connectivity index (χ4v) is 0.319. The molecule has 1 radical (unpaired) electrons. The summed E-state index contributed by atoms with van der Waals surface area (Å²) < 4.78 is 79.9. The minimum atomic E-state index is -6.22. The van der Waals surface area contributed by atoms with Gasteiger partial charge in [0.15, 0.2) is 0 Å². The van der Waals surface area contributed by atoms with Crippen molar-refractivity contribution in [2.75, 3.05) is 6.67 Å². The summed E-state index contributed by atoms with van der Waals surface area (Å²) >= 11 is 0. The highest BCUT2D eigenvalue weighted by Crippen LogP contribution is 2.44. The number of alkyl halides is 7. The van der Waals surface area contributed by atoms with Crippen molar-refractivity contribution in [3.8, 4) is 0 Å². The topological polar surface area (TPSA) is 19.9 Å². The summed E-state index contributed by atoms with van der Waals surface area (Å²) in [5, 5.41) is 9.33. The van der Waals surface area contributed by atoms with Crippen LogP contribution in [0.4, 0.5) is 30.7 Å². The zero-order chi connectivity index (χ0) is 10.2. The predicted octanol–water partition coefficient (Wildman–Crippen LogP) is 2.25. The number of rotatable bonds is 2. The Morgan fingerprint density at radius 2 is 1.25 bits per heavy atom. The maximum absolute atomic E-state index is 12.0. The zero-order valence-electron chi connectivity index (χ0n) is 5.26. The Balaban J connectivity index is 4.95. The quantitative estimate of drug-likeness (QED) is 0.608. The standard InChI is InChI=1S/C4H2F7O/c5-1-2(6,3(7,8)9)4(10,11)12/h1H2. The molecule has 0 saturated heterocycles. The Morgan fingerprint density at radius 1 is 0.917 bits per heavy atom. The van der Waals surface area contributed by atoms with Crippen molar-refractivity contribution in [3.05, 3.63) is 0 Å². The van der Waals surface area contributed by atoms with E-state index in [-0.39, 0.29) is 0 Å². The monoisotopic (exact) mass is 199 g/mol. The molecule has 0 bridgehead atoms. The van der Waals surface area contributed by atoms with Crippen molar-refractivity contribution in [1.29, 1.82) is 0 Å². The molecule has 73 valence electrons. The van der Waals surface area contributed by atoms with Gasteiger partial charge in [0, 0.05) is 0 Å². The van der Waals surface area contributed by atoms with Gasteiger partial charge in [0.25, 0.3) is 0 Å². The summed E-state index contributed by atoms with van der Waals surface area (Å²) in [7, 11) is 0. The summed E-state index contributed by atoms with van der Waals surface area (Å²) in [5.41, 5.74) is -5.64. The van der Waals surface area contributed by atoms with E-state index >= 15 is 0 Å². The first-order chi connectivity index (χ1) is 5.06. The van der Waals surface area contributed by atoms with E-state index in [2.05, 4.69) is 0 Å². The first-order valence-electron chi connectivity index (χ1n) is 2.46. The van der Waals surface area contributed by atoms with E-state index in [0.717, 1.165) is 0 Å². The van der Waals surface area contributed by atoms with Crippen molar-refractivity contribution in [3.63, 3.8) is 0 Å². The maximum atomic E-state index is 12.0. The van der Waals surface area contributed by atoms with Gasteiger partial charge >= 0.3 is 18.0 Å². The lowest BCUT2D eigenvalue weighted by Crippen LogP contribution is -2.56. The van der Waals surface area contributed by atoms with Crippen molar-refractivity contribution in [1.82, 2.24) is 0 Å². The fraction of sp³-hybridized carbons (Fsp3) is 1.00. The Labute approximate surface area is 61.8 Å². The summed E-state index contributed by atoms with van der Waals surface area (Å²) in [5.74, 6) is 0. The van der Waals surface area contributed by atoms with Crippen LogP contribution in [0, 0.1) is 0 Å². The summed E-state index contributed by atoms with van der Waals surface area (Å²) in [6, 6.07) is 0. The van der Waals surface area contributed by atoms with Crippen molar-refractivity contribution < 1.29 is 35.8 Å². The highest BCUT2D eigenvalue weighted by molar-refractivity contribution is 4.93. The summed E-state index contributed by atoms with van der Waals surface area (Å²) in [6.45, 7) is -3.10. The van der Waals surface area contributed by atoms with Crippen molar-refractivity contribution >= 4 is 0 Å². The molecule has 1 nitrogen and oxygen atoms in total. The average Bonchev–Trinajstić information content (AvgIpc) is 1.81. The van der Waals surface area contributed by atoms with E-state index in [0.29, 0.717) is 0 Å². The Morgan fingerprint density at radius 3 is 1.25 bits per heavy atom. The molecule has 0 aliphatic carbocycles. The van der Waals surface area contributed by atoms with Crippen LogP contribution >= 0.6 is 0 Å². The van der Waals surface area contributed by atoms with Crippen LogP contribution < -0.4 is 0 Å². The third-order valence-corrected chi connectivity index (χ3v) is 1.09. The van der Waals surface area contributed by atoms with E-state index < -0.39 is 24.6 Å². The number of hydrogen-bond acceptors (Lipinski definition) is 0. The normalized spacial score (nSPS) is 19.0. The second kappa shape index (κ2) is 2.75. The lowest BCUT2D eigenvalue weighted by Gasteiger charge is -2.26. The molecule has 0 spiro atoms. The fourth-order valence-electron chi connectivity index (χ4n) is 0.319. The molecule has 0 aliphatic rings. The third-order valence-electron chi connectivity index (χ3n) is 1.09. The van der Waals surface area contributed by atoms with Gasteiger partial charge < -0.3 is 0 Å². The van der Waals surface area contributed by atoms with Gasteiger partial charge in [-0.15, -0.1) is 0 Å². The van der Waals surface area contributed by atoms with Gasteiger partial charge in [0.1, 0.15) is 6.67 Å². The molecule has 0 rings (SSSR count). The predicted molar refractivity (Wildman–Crippen MR) is 21.5 cm³/mol. The highest BCUT2D eigenvalue weighted by Gasteiger charge is 2.72. The van der Waals surface area contributed by atoms with Gasteiger partial charge in [0.05, 0.1) is 0 Å². The van der Waals surface area contributed by atoms with Gasteiger partial charge in [-0.05, 0) is 0 Å². The second-order valence-corrected chi connectivity index (χ2v) is 1.95. The van der Waals surface area contributed by atoms with Gasteiger partial charge in [-0.1, -0.05) is 0 Å². The van der Waals surface area contributed by atoms with Gasteiger partial charge in [-0.2, -0.15) is 27.1 Å². The van der Waals surface area contributed by atoms with E-state index in [4.69, 9.17) is 0 Å². The molecule has 1 atom stereocenters. The lowest BCUT2D eigenvalue weighted by atomic mass is 10.1. The highest BCUT2D eigenvalue weighted by atomic mass is 19.4. The largest absolute Gasteiger partial charge is 0.434 e. The molecule has 0 aromatic carbocycles.